The highest BCUT2D eigenvalue weighted by molar-refractivity contribution is 7.95. The third-order valence-electron chi connectivity index (χ3n) is 2.43. The molecule has 0 aliphatic carbocycles. The molecule has 0 fully saturated rings. The molecule has 0 N–H and O–H groups in total. The van der Waals surface area contributed by atoms with Gasteiger partial charge in [0.2, 0.25) is 9.84 Å². The first-order valence-corrected chi connectivity index (χ1v) is 6.62. The van der Waals surface area contributed by atoms with Crippen molar-refractivity contribution in [2.24, 2.45) is 0 Å². The smallest absolute Gasteiger partial charge is 0.206 e. The predicted molar refractivity (Wildman–Crippen MR) is 66.8 cm³/mol. The van der Waals surface area contributed by atoms with Crippen LogP contribution >= 0.6 is 0 Å². The molecule has 0 aliphatic rings. The van der Waals surface area contributed by atoms with Crippen LogP contribution in [0.5, 0.6) is 0 Å². The summed E-state index contributed by atoms with van der Waals surface area (Å²) in [6.07, 6.45) is 3.44. The molecule has 2 nitrogen and oxygen atoms in total. The molecule has 0 radical (unpaired) electrons. The van der Waals surface area contributed by atoms with E-state index >= 15 is 0 Å². The molecule has 0 aromatic heterocycles. The van der Waals surface area contributed by atoms with Crippen molar-refractivity contribution in [2.75, 3.05) is 0 Å². The Morgan fingerprint density at radius 1 is 1.06 bits per heavy atom. The van der Waals surface area contributed by atoms with E-state index in [1.54, 1.807) is 56.3 Å². The topological polar surface area (TPSA) is 34.1 Å². The van der Waals surface area contributed by atoms with E-state index in [0.29, 0.717) is 9.80 Å². The van der Waals surface area contributed by atoms with Crippen molar-refractivity contribution < 1.29 is 8.42 Å². The highest BCUT2D eigenvalue weighted by Crippen LogP contribution is 2.24. The summed E-state index contributed by atoms with van der Waals surface area (Å²) in [4.78, 5) is 0.713. The summed E-state index contributed by atoms with van der Waals surface area (Å²) >= 11 is 0. The van der Waals surface area contributed by atoms with Gasteiger partial charge in [-0.15, -0.1) is 0 Å². The Morgan fingerprint density at radius 3 is 2.06 bits per heavy atom. The monoisotopic (exact) mass is 236 g/mol. The van der Waals surface area contributed by atoms with Gasteiger partial charge in [-0.2, -0.15) is 0 Å². The van der Waals surface area contributed by atoms with Gasteiger partial charge in [0.15, 0.2) is 0 Å². The number of rotatable bonds is 3. The van der Waals surface area contributed by atoms with Gasteiger partial charge in [-0.25, -0.2) is 8.42 Å². The van der Waals surface area contributed by atoms with E-state index < -0.39 is 9.84 Å². The third-order valence-corrected chi connectivity index (χ3v) is 4.46. The van der Waals surface area contributed by atoms with Crippen LogP contribution in [0.3, 0.4) is 0 Å². The van der Waals surface area contributed by atoms with Crippen molar-refractivity contribution in [1.82, 2.24) is 0 Å². The van der Waals surface area contributed by atoms with Gasteiger partial charge in [0.1, 0.15) is 0 Å². The lowest BCUT2D eigenvalue weighted by Crippen LogP contribution is -2.05. The zero-order valence-electron chi connectivity index (χ0n) is 9.77. The molecule has 0 saturated carbocycles. The lowest BCUT2D eigenvalue weighted by Gasteiger charge is -2.08. The summed E-state index contributed by atoms with van der Waals surface area (Å²) in [5, 5.41) is 0. The fourth-order valence-electron chi connectivity index (χ4n) is 1.46. The normalized spacial score (nSPS) is 13.9. The van der Waals surface area contributed by atoms with E-state index in [-0.39, 0.29) is 0 Å². The average molecular weight is 236 g/mol. The number of hydrogen-bond acceptors (Lipinski definition) is 2. The fourth-order valence-corrected chi connectivity index (χ4v) is 3.09. The van der Waals surface area contributed by atoms with Crippen LogP contribution in [0.2, 0.25) is 0 Å². The first-order valence-electron chi connectivity index (χ1n) is 5.13. The number of allylic oxidation sites excluding steroid dienone is 3. The van der Waals surface area contributed by atoms with Gasteiger partial charge in [0.25, 0.3) is 0 Å². The van der Waals surface area contributed by atoms with Gasteiger partial charge < -0.3 is 0 Å². The fraction of sp³-hybridized carbons (Fsp3) is 0.231. The molecule has 0 bridgehead atoms. The molecule has 1 aromatic carbocycles. The summed E-state index contributed by atoms with van der Waals surface area (Å²) < 4.78 is 24.5. The standard InChI is InChI=1S/C13H16O2S/c1-4-11(3)13(5-2)16(14,15)12-9-7-6-8-10-12/h4-10H,1-3H3/b11-4+,13-5+. The molecule has 0 aliphatic heterocycles. The van der Waals surface area contributed by atoms with E-state index in [0.717, 1.165) is 5.57 Å². The SMILES string of the molecule is C/C=C(C)/C(=C\C)S(=O)(=O)c1ccccc1. The lowest BCUT2D eigenvalue weighted by atomic mass is 10.3. The molecule has 0 amide bonds. The van der Waals surface area contributed by atoms with Crippen LogP contribution in [0.15, 0.2) is 57.9 Å². The molecule has 0 atom stereocenters. The van der Waals surface area contributed by atoms with E-state index in [1.165, 1.54) is 0 Å². The van der Waals surface area contributed by atoms with Crippen LogP contribution in [0.25, 0.3) is 0 Å². The van der Waals surface area contributed by atoms with Crippen LogP contribution in [-0.4, -0.2) is 8.42 Å². The summed E-state index contributed by atoms with van der Waals surface area (Å²) in [6.45, 7) is 5.37. The summed E-state index contributed by atoms with van der Waals surface area (Å²) in [5.74, 6) is 0. The highest BCUT2D eigenvalue weighted by Gasteiger charge is 2.20. The quantitative estimate of drug-likeness (QED) is 0.754. The van der Waals surface area contributed by atoms with Crippen LogP contribution in [-0.2, 0) is 9.84 Å². The number of sulfone groups is 1. The Bertz CT molecular complexity index is 508. The minimum atomic E-state index is -3.37. The second kappa shape index (κ2) is 5.12. The second-order valence-electron chi connectivity index (χ2n) is 3.44. The molecule has 16 heavy (non-hydrogen) atoms. The van der Waals surface area contributed by atoms with Crippen molar-refractivity contribution in [3.05, 3.63) is 53.0 Å². The van der Waals surface area contributed by atoms with Gasteiger partial charge in [-0.05, 0) is 38.5 Å². The van der Waals surface area contributed by atoms with Gasteiger partial charge in [-0.1, -0.05) is 30.4 Å². The molecule has 0 unspecified atom stereocenters. The van der Waals surface area contributed by atoms with Crippen LogP contribution < -0.4 is 0 Å². The highest BCUT2D eigenvalue weighted by atomic mass is 32.2. The largest absolute Gasteiger partial charge is 0.219 e. The molecule has 1 rings (SSSR count). The van der Waals surface area contributed by atoms with Crippen molar-refractivity contribution in [1.29, 1.82) is 0 Å². The Morgan fingerprint density at radius 2 is 1.62 bits per heavy atom. The Balaban J connectivity index is 3.33. The molecule has 86 valence electrons. The van der Waals surface area contributed by atoms with E-state index in [2.05, 4.69) is 0 Å². The Hall–Kier alpha value is -1.35. The van der Waals surface area contributed by atoms with E-state index in [9.17, 15) is 8.42 Å². The summed E-state index contributed by atoms with van der Waals surface area (Å²) in [6, 6.07) is 8.48. The van der Waals surface area contributed by atoms with Gasteiger partial charge >= 0.3 is 0 Å². The maximum Gasteiger partial charge on any atom is 0.206 e. The van der Waals surface area contributed by atoms with Gasteiger partial charge in [0, 0.05) is 0 Å². The first-order chi connectivity index (χ1) is 7.54. The minimum Gasteiger partial charge on any atom is -0.219 e. The summed E-state index contributed by atoms with van der Waals surface area (Å²) in [7, 11) is -3.37. The number of hydrogen-bond donors (Lipinski definition) is 0. The maximum atomic E-state index is 12.3. The van der Waals surface area contributed by atoms with E-state index in [1.807, 2.05) is 6.92 Å². The first kappa shape index (κ1) is 12.7. The molecule has 0 saturated heterocycles. The van der Waals surface area contributed by atoms with E-state index in [4.69, 9.17) is 0 Å². The maximum absolute atomic E-state index is 12.3. The second-order valence-corrected chi connectivity index (χ2v) is 5.36. The zero-order valence-corrected chi connectivity index (χ0v) is 10.6. The average Bonchev–Trinajstić information content (AvgIpc) is 2.30. The molecule has 0 spiro atoms. The molecule has 0 heterocycles. The van der Waals surface area contributed by atoms with Crippen LogP contribution in [0, 0.1) is 0 Å². The van der Waals surface area contributed by atoms with Crippen molar-refractivity contribution in [2.45, 2.75) is 25.7 Å². The van der Waals surface area contributed by atoms with Crippen molar-refractivity contribution in [3.8, 4) is 0 Å². The molecular formula is C13H16O2S. The predicted octanol–water partition coefficient (Wildman–Crippen LogP) is 3.33. The van der Waals surface area contributed by atoms with Crippen molar-refractivity contribution in [3.63, 3.8) is 0 Å². The lowest BCUT2D eigenvalue weighted by molar-refractivity contribution is 0.602. The van der Waals surface area contributed by atoms with Crippen LogP contribution in [0.1, 0.15) is 20.8 Å². The van der Waals surface area contributed by atoms with Crippen molar-refractivity contribution >= 4 is 9.84 Å². The minimum absolute atomic E-state index is 0.337. The van der Waals surface area contributed by atoms with Crippen LogP contribution in [0.4, 0.5) is 0 Å². The number of benzene rings is 1. The molecule has 1 aromatic rings. The third kappa shape index (κ3) is 2.42. The molecular weight excluding hydrogens is 220 g/mol. The molecule has 3 heteroatoms. The van der Waals surface area contributed by atoms with Gasteiger partial charge in [-0.3, -0.25) is 0 Å². The summed E-state index contributed by atoms with van der Waals surface area (Å²) in [5.41, 5.74) is 0.770. The Kier molecular flexibility index (Phi) is 4.07. The Labute approximate surface area is 97.2 Å². The van der Waals surface area contributed by atoms with Gasteiger partial charge in [0.05, 0.1) is 9.80 Å². The zero-order chi connectivity index (χ0) is 12.2.